The molecule has 3 rings (SSSR count). The first kappa shape index (κ1) is 20.4. The molecule has 2 amide bonds. The lowest BCUT2D eigenvalue weighted by Crippen LogP contribution is -2.37. The van der Waals surface area contributed by atoms with E-state index >= 15 is 0 Å². The van der Waals surface area contributed by atoms with Gasteiger partial charge >= 0.3 is 0 Å². The van der Waals surface area contributed by atoms with Gasteiger partial charge in [-0.15, -0.1) is 23.7 Å². The van der Waals surface area contributed by atoms with Crippen LogP contribution >= 0.6 is 23.7 Å². The van der Waals surface area contributed by atoms with Gasteiger partial charge in [-0.05, 0) is 43.0 Å². The molecule has 3 N–H and O–H groups in total. The number of benzene rings is 1. The molecule has 0 atom stereocenters. The molecule has 0 aliphatic carbocycles. The van der Waals surface area contributed by atoms with E-state index in [4.69, 9.17) is 5.73 Å². The maximum Gasteiger partial charge on any atom is 0.275 e. The van der Waals surface area contributed by atoms with E-state index < -0.39 is 0 Å². The number of thiazole rings is 1. The highest BCUT2D eigenvalue weighted by molar-refractivity contribution is 7.09. The van der Waals surface area contributed by atoms with Crippen molar-refractivity contribution < 1.29 is 9.59 Å². The number of piperidine rings is 1. The first-order valence-corrected chi connectivity index (χ1v) is 9.30. The van der Waals surface area contributed by atoms with Gasteiger partial charge in [-0.25, -0.2) is 4.98 Å². The van der Waals surface area contributed by atoms with Gasteiger partial charge in [0.05, 0.1) is 0 Å². The van der Waals surface area contributed by atoms with Crippen LogP contribution in [0.1, 0.15) is 45.6 Å². The van der Waals surface area contributed by atoms with Crippen LogP contribution in [0.25, 0.3) is 0 Å². The van der Waals surface area contributed by atoms with Crippen LogP contribution in [0.4, 0.5) is 5.69 Å². The minimum Gasteiger partial charge on any atom is -0.339 e. The summed E-state index contributed by atoms with van der Waals surface area (Å²) in [5.41, 5.74) is 7.15. The van der Waals surface area contributed by atoms with E-state index in [0.29, 0.717) is 29.4 Å². The predicted molar refractivity (Wildman–Crippen MR) is 106 cm³/mol. The summed E-state index contributed by atoms with van der Waals surface area (Å²) in [6, 6.07) is 6.99. The zero-order valence-corrected chi connectivity index (χ0v) is 16.2. The Morgan fingerprint density at radius 2 is 1.92 bits per heavy atom. The Kier molecular flexibility index (Phi) is 7.14. The minimum atomic E-state index is -0.278. The fraction of sp³-hybridized carbons (Fsp3) is 0.389. The molecule has 26 heavy (non-hydrogen) atoms. The van der Waals surface area contributed by atoms with Crippen molar-refractivity contribution >= 4 is 41.2 Å². The molecule has 0 spiro atoms. The molecule has 1 fully saturated rings. The number of carbonyl (C=O) groups excluding carboxylic acids is 2. The molecule has 1 saturated heterocycles. The van der Waals surface area contributed by atoms with Gasteiger partial charge in [-0.2, -0.15) is 0 Å². The van der Waals surface area contributed by atoms with Crippen LogP contribution < -0.4 is 11.1 Å². The summed E-state index contributed by atoms with van der Waals surface area (Å²) in [4.78, 5) is 30.7. The smallest absolute Gasteiger partial charge is 0.275 e. The largest absolute Gasteiger partial charge is 0.339 e. The first-order chi connectivity index (χ1) is 12.1. The van der Waals surface area contributed by atoms with Gasteiger partial charge in [0.1, 0.15) is 10.7 Å². The Labute approximate surface area is 163 Å². The molecule has 8 heteroatoms. The average molecular weight is 395 g/mol. The van der Waals surface area contributed by atoms with Crippen molar-refractivity contribution in [2.75, 3.05) is 18.4 Å². The number of nitrogens with one attached hydrogen (secondary N) is 1. The molecule has 2 heterocycles. The number of carbonyl (C=O) groups is 2. The Morgan fingerprint density at radius 1 is 1.27 bits per heavy atom. The van der Waals surface area contributed by atoms with Crippen molar-refractivity contribution in [2.45, 2.75) is 26.3 Å². The summed E-state index contributed by atoms with van der Waals surface area (Å²) >= 11 is 1.36. The zero-order valence-electron chi connectivity index (χ0n) is 14.6. The summed E-state index contributed by atoms with van der Waals surface area (Å²) in [6.45, 7) is 4.17. The van der Waals surface area contributed by atoms with E-state index in [0.717, 1.165) is 30.9 Å². The molecule has 1 aliphatic heterocycles. The summed E-state index contributed by atoms with van der Waals surface area (Å²) in [7, 11) is 0. The van der Waals surface area contributed by atoms with Crippen LogP contribution in [-0.4, -0.2) is 34.8 Å². The molecule has 1 aliphatic rings. The Hall–Kier alpha value is -1.96. The fourth-order valence-electron chi connectivity index (χ4n) is 2.79. The van der Waals surface area contributed by atoms with Crippen molar-refractivity contribution in [3.05, 3.63) is 45.9 Å². The number of rotatable bonds is 4. The zero-order chi connectivity index (χ0) is 17.8. The van der Waals surface area contributed by atoms with Gasteiger partial charge in [0.15, 0.2) is 0 Å². The number of halogens is 1. The second-order valence-corrected chi connectivity index (χ2v) is 7.28. The van der Waals surface area contributed by atoms with Crippen LogP contribution in [0.2, 0.25) is 0 Å². The third-order valence-corrected chi connectivity index (χ3v) is 5.29. The molecule has 0 bridgehead atoms. The topological polar surface area (TPSA) is 88.3 Å². The molecular weight excluding hydrogens is 372 g/mol. The third-order valence-electron chi connectivity index (χ3n) is 4.42. The number of amides is 2. The van der Waals surface area contributed by atoms with Gasteiger partial charge in [0.25, 0.3) is 11.8 Å². The molecule has 0 unspecified atom stereocenters. The van der Waals surface area contributed by atoms with Crippen LogP contribution in [0, 0.1) is 5.92 Å². The predicted octanol–water partition coefficient (Wildman–Crippen LogP) is 3.15. The van der Waals surface area contributed by atoms with Gasteiger partial charge in [-0.1, -0.05) is 6.92 Å². The minimum absolute atomic E-state index is 0. The van der Waals surface area contributed by atoms with Gasteiger partial charge < -0.3 is 16.0 Å². The highest BCUT2D eigenvalue weighted by Gasteiger charge is 2.21. The SMILES string of the molecule is CC1CCN(C(=O)c2ccc(NC(=O)c3csc(CN)n3)cc2)CC1.Cl. The monoisotopic (exact) mass is 394 g/mol. The summed E-state index contributed by atoms with van der Waals surface area (Å²) in [5.74, 6) is 0.462. The standard InChI is InChI=1S/C18H22N4O2S.ClH/c1-12-6-8-22(9-7-12)18(24)13-2-4-14(5-3-13)20-17(23)15-11-25-16(10-19)21-15;/h2-5,11-12H,6-10,19H2,1H3,(H,20,23);1H. The number of likely N-dealkylation sites (tertiary alicyclic amines) is 1. The van der Waals surface area contributed by atoms with E-state index in [1.54, 1.807) is 29.6 Å². The molecule has 0 radical (unpaired) electrons. The summed E-state index contributed by atoms with van der Waals surface area (Å²) in [6.07, 6.45) is 2.11. The van der Waals surface area contributed by atoms with Gasteiger partial charge in [0.2, 0.25) is 0 Å². The number of aromatic nitrogens is 1. The lowest BCUT2D eigenvalue weighted by molar-refractivity contribution is 0.0697. The highest BCUT2D eigenvalue weighted by Crippen LogP contribution is 2.19. The van der Waals surface area contributed by atoms with Crippen LogP contribution in [-0.2, 0) is 6.54 Å². The molecule has 140 valence electrons. The lowest BCUT2D eigenvalue weighted by Gasteiger charge is -2.30. The molecule has 1 aromatic carbocycles. The Balaban J connectivity index is 0.00000243. The molecular formula is C18H23ClN4O2S. The number of hydrogen-bond acceptors (Lipinski definition) is 5. The lowest BCUT2D eigenvalue weighted by atomic mass is 9.98. The fourth-order valence-corrected chi connectivity index (χ4v) is 3.45. The second-order valence-electron chi connectivity index (χ2n) is 6.34. The summed E-state index contributed by atoms with van der Waals surface area (Å²) < 4.78 is 0. The number of hydrogen-bond donors (Lipinski definition) is 2. The van der Waals surface area contributed by atoms with Crippen LogP contribution in [0.5, 0.6) is 0 Å². The normalized spacial score (nSPS) is 14.6. The Bertz CT molecular complexity index is 755. The van der Waals surface area contributed by atoms with Crippen LogP contribution in [0.15, 0.2) is 29.6 Å². The molecule has 1 aromatic heterocycles. The van der Waals surface area contributed by atoms with Crippen molar-refractivity contribution in [1.29, 1.82) is 0 Å². The maximum absolute atomic E-state index is 12.5. The van der Waals surface area contributed by atoms with Crippen molar-refractivity contribution in [1.82, 2.24) is 9.88 Å². The average Bonchev–Trinajstić information content (AvgIpc) is 3.12. The van der Waals surface area contributed by atoms with Crippen molar-refractivity contribution in [2.24, 2.45) is 11.7 Å². The van der Waals surface area contributed by atoms with Crippen molar-refractivity contribution in [3.63, 3.8) is 0 Å². The van der Waals surface area contributed by atoms with E-state index in [2.05, 4.69) is 17.2 Å². The highest BCUT2D eigenvalue weighted by atomic mass is 35.5. The quantitative estimate of drug-likeness (QED) is 0.833. The van der Waals surface area contributed by atoms with E-state index in [1.165, 1.54) is 11.3 Å². The van der Waals surface area contributed by atoms with Crippen molar-refractivity contribution in [3.8, 4) is 0 Å². The first-order valence-electron chi connectivity index (χ1n) is 8.42. The third kappa shape index (κ3) is 4.81. The van der Waals surface area contributed by atoms with E-state index in [1.807, 2.05) is 4.90 Å². The molecule has 6 nitrogen and oxygen atoms in total. The van der Waals surface area contributed by atoms with Gasteiger partial charge in [0, 0.05) is 36.3 Å². The second kappa shape index (κ2) is 9.12. The summed E-state index contributed by atoms with van der Waals surface area (Å²) in [5, 5.41) is 5.20. The number of nitrogens with two attached hydrogens (primary N) is 1. The van der Waals surface area contributed by atoms with Gasteiger partial charge in [-0.3, -0.25) is 9.59 Å². The molecule has 0 saturated carbocycles. The number of anilines is 1. The maximum atomic E-state index is 12.5. The van der Waals surface area contributed by atoms with Crippen LogP contribution in [0.3, 0.4) is 0 Å². The number of nitrogens with zero attached hydrogens (tertiary/aromatic N) is 2. The Morgan fingerprint density at radius 3 is 2.50 bits per heavy atom. The molecule has 2 aromatic rings. The van der Waals surface area contributed by atoms with E-state index in [9.17, 15) is 9.59 Å². The van der Waals surface area contributed by atoms with E-state index in [-0.39, 0.29) is 24.2 Å².